The fourth-order valence-corrected chi connectivity index (χ4v) is 1.60. The Morgan fingerprint density at radius 1 is 1.58 bits per heavy atom. The lowest BCUT2D eigenvalue weighted by Gasteiger charge is -2.08. The monoisotopic (exact) mass is 335 g/mol. The summed E-state index contributed by atoms with van der Waals surface area (Å²) >= 11 is 2.94. The first-order valence-electron chi connectivity index (χ1n) is 5.15. The summed E-state index contributed by atoms with van der Waals surface area (Å²) in [5.74, 6) is -1.32. The van der Waals surface area contributed by atoms with Crippen molar-refractivity contribution in [3.05, 3.63) is 32.5 Å². The third-order valence-electron chi connectivity index (χ3n) is 2.04. The van der Waals surface area contributed by atoms with Crippen molar-refractivity contribution in [2.24, 2.45) is 5.73 Å². The van der Waals surface area contributed by atoms with Crippen LogP contribution in [-0.2, 0) is 9.53 Å². The zero-order valence-corrected chi connectivity index (χ0v) is 11.3. The molecule has 19 heavy (non-hydrogen) atoms. The van der Waals surface area contributed by atoms with Crippen LogP contribution >= 0.6 is 15.9 Å². The highest BCUT2D eigenvalue weighted by atomic mass is 79.9. The van der Waals surface area contributed by atoms with E-state index >= 15 is 0 Å². The highest BCUT2D eigenvalue weighted by Crippen LogP contribution is 2.30. The summed E-state index contributed by atoms with van der Waals surface area (Å²) in [6, 6.07) is 2.08. The Kier molecular flexibility index (Phi) is 5.64. The Morgan fingerprint density at radius 3 is 2.84 bits per heavy atom. The van der Waals surface area contributed by atoms with Crippen LogP contribution in [0.1, 0.15) is 0 Å². The van der Waals surface area contributed by atoms with Crippen molar-refractivity contribution in [3.8, 4) is 0 Å². The minimum Gasteiger partial charge on any atom is -0.377 e. The van der Waals surface area contributed by atoms with Crippen LogP contribution in [0.4, 0.5) is 15.8 Å². The van der Waals surface area contributed by atoms with Crippen molar-refractivity contribution in [1.29, 1.82) is 0 Å². The molecule has 0 unspecified atom stereocenters. The van der Waals surface area contributed by atoms with Crippen molar-refractivity contribution < 1.29 is 18.8 Å². The number of nitro groups is 1. The second-order valence-electron chi connectivity index (χ2n) is 3.49. The SMILES string of the molecule is NC(=O)COCCNc1cc(Br)c(F)cc1[N+](=O)[O-]. The number of nitro benzene ring substituents is 1. The van der Waals surface area contributed by atoms with Gasteiger partial charge < -0.3 is 15.8 Å². The Hall–Kier alpha value is -1.74. The van der Waals surface area contributed by atoms with E-state index in [1.165, 1.54) is 6.07 Å². The van der Waals surface area contributed by atoms with Gasteiger partial charge in [0.2, 0.25) is 5.91 Å². The van der Waals surface area contributed by atoms with E-state index in [2.05, 4.69) is 21.2 Å². The average Bonchev–Trinajstić information content (AvgIpc) is 2.32. The molecule has 7 nitrogen and oxygen atoms in total. The van der Waals surface area contributed by atoms with E-state index in [1.54, 1.807) is 0 Å². The first kappa shape index (κ1) is 15.3. The Morgan fingerprint density at radius 2 is 2.26 bits per heavy atom. The molecular formula is C10H11BrFN3O4. The number of nitrogens with two attached hydrogens (primary N) is 1. The minimum atomic E-state index is -0.720. The number of rotatable bonds is 7. The smallest absolute Gasteiger partial charge is 0.295 e. The third-order valence-corrected chi connectivity index (χ3v) is 2.65. The lowest BCUT2D eigenvalue weighted by molar-refractivity contribution is -0.384. The second-order valence-corrected chi connectivity index (χ2v) is 4.34. The van der Waals surface area contributed by atoms with Crippen LogP contribution in [0.25, 0.3) is 0 Å². The quantitative estimate of drug-likeness (QED) is 0.445. The average molecular weight is 336 g/mol. The van der Waals surface area contributed by atoms with Crippen molar-refractivity contribution in [2.75, 3.05) is 25.1 Å². The Labute approximate surface area is 116 Å². The summed E-state index contributed by atoms with van der Waals surface area (Å²) in [7, 11) is 0. The summed E-state index contributed by atoms with van der Waals surface area (Å²) < 4.78 is 18.2. The molecule has 3 N–H and O–H groups in total. The zero-order valence-electron chi connectivity index (χ0n) is 9.69. The largest absolute Gasteiger partial charge is 0.377 e. The molecule has 1 aromatic carbocycles. The number of anilines is 1. The molecule has 1 amide bonds. The van der Waals surface area contributed by atoms with Gasteiger partial charge in [-0.05, 0) is 22.0 Å². The first-order chi connectivity index (χ1) is 8.91. The van der Waals surface area contributed by atoms with E-state index in [-0.39, 0.29) is 35.6 Å². The van der Waals surface area contributed by atoms with Crippen LogP contribution in [-0.4, -0.2) is 30.6 Å². The molecule has 0 aromatic heterocycles. The van der Waals surface area contributed by atoms with Gasteiger partial charge in [0.05, 0.1) is 22.1 Å². The number of hydrogen-bond donors (Lipinski definition) is 2. The lowest BCUT2D eigenvalue weighted by Crippen LogP contribution is -2.20. The van der Waals surface area contributed by atoms with Crippen molar-refractivity contribution >= 4 is 33.2 Å². The molecule has 0 heterocycles. The number of nitrogens with zero attached hydrogens (tertiary/aromatic N) is 1. The summed E-state index contributed by atoms with van der Waals surface area (Å²) in [6.45, 7) is 0.123. The Bertz CT molecular complexity index is 498. The summed E-state index contributed by atoms with van der Waals surface area (Å²) in [5.41, 5.74) is 4.64. The molecule has 0 fully saturated rings. The van der Waals surface area contributed by atoms with E-state index in [0.717, 1.165) is 6.07 Å². The van der Waals surface area contributed by atoms with E-state index in [0.29, 0.717) is 0 Å². The van der Waals surface area contributed by atoms with Crippen LogP contribution in [0.5, 0.6) is 0 Å². The molecule has 0 bridgehead atoms. The summed E-state index contributed by atoms with van der Waals surface area (Å²) in [5, 5.41) is 13.5. The molecule has 0 aliphatic carbocycles. The maximum Gasteiger partial charge on any atom is 0.295 e. The van der Waals surface area contributed by atoms with E-state index in [4.69, 9.17) is 10.5 Å². The van der Waals surface area contributed by atoms with Gasteiger partial charge in [0.25, 0.3) is 5.69 Å². The Balaban J connectivity index is 2.64. The number of carbonyl (C=O) groups is 1. The van der Waals surface area contributed by atoms with Gasteiger partial charge in [-0.3, -0.25) is 14.9 Å². The molecule has 0 saturated carbocycles. The van der Waals surface area contributed by atoms with Gasteiger partial charge in [0.1, 0.15) is 18.1 Å². The van der Waals surface area contributed by atoms with Gasteiger partial charge >= 0.3 is 0 Å². The van der Waals surface area contributed by atoms with E-state index in [1.807, 2.05) is 0 Å². The molecule has 0 aliphatic rings. The standard InChI is InChI=1S/C10H11BrFN3O4/c11-6-3-8(9(15(17)18)4-7(6)12)14-1-2-19-5-10(13)16/h3-4,14H,1-2,5H2,(H2,13,16). The van der Waals surface area contributed by atoms with Crippen molar-refractivity contribution in [2.45, 2.75) is 0 Å². The number of hydrogen-bond acceptors (Lipinski definition) is 5. The van der Waals surface area contributed by atoms with Crippen LogP contribution in [0.3, 0.4) is 0 Å². The molecule has 0 spiro atoms. The first-order valence-corrected chi connectivity index (χ1v) is 5.94. The summed E-state index contributed by atoms with van der Waals surface area (Å²) in [6.07, 6.45) is 0. The van der Waals surface area contributed by atoms with Gasteiger partial charge in [-0.2, -0.15) is 0 Å². The van der Waals surface area contributed by atoms with Crippen LogP contribution in [0.2, 0.25) is 0 Å². The molecule has 0 radical (unpaired) electrons. The third kappa shape index (κ3) is 4.79. The minimum absolute atomic E-state index is 0.110. The second kappa shape index (κ2) is 7.00. The van der Waals surface area contributed by atoms with Gasteiger partial charge in [0.15, 0.2) is 0 Å². The predicted octanol–water partition coefficient (Wildman–Crippen LogP) is 1.41. The molecule has 0 saturated heterocycles. The predicted molar refractivity (Wildman–Crippen MR) is 69.3 cm³/mol. The van der Waals surface area contributed by atoms with Crippen LogP contribution in [0.15, 0.2) is 16.6 Å². The number of primary amides is 1. The van der Waals surface area contributed by atoms with Crippen molar-refractivity contribution in [3.63, 3.8) is 0 Å². The topological polar surface area (TPSA) is 107 Å². The number of ether oxygens (including phenoxy) is 1. The number of amides is 1. The number of halogens is 2. The highest BCUT2D eigenvalue weighted by molar-refractivity contribution is 9.10. The number of benzene rings is 1. The van der Waals surface area contributed by atoms with Gasteiger partial charge in [-0.25, -0.2) is 4.39 Å². The molecular weight excluding hydrogens is 325 g/mol. The van der Waals surface area contributed by atoms with Gasteiger partial charge in [0, 0.05) is 6.54 Å². The number of carbonyl (C=O) groups excluding carboxylic acids is 1. The van der Waals surface area contributed by atoms with Crippen molar-refractivity contribution in [1.82, 2.24) is 0 Å². The molecule has 0 aliphatic heterocycles. The van der Waals surface area contributed by atoms with E-state index < -0.39 is 16.6 Å². The number of nitrogens with one attached hydrogen (secondary N) is 1. The molecule has 1 aromatic rings. The highest BCUT2D eigenvalue weighted by Gasteiger charge is 2.17. The lowest BCUT2D eigenvalue weighted by atomic mass is 10.2. The summed E-state index contributed by atoms with van der Waals surface area (Å²) in [4.78, 5) is 20.5. The normalized spacial score (nSPS) is 10.2. The molecule has 104 valence electrons. The maximum atomic E-state index is 13.2. The van der Waals surface area contributed by atoms with Gasteiger partial charge in [-0.15, -0.1) is 0 Å². The maximum absolute atomic E-state index is 13.2. The molecule has 0 atom stereocenters. The fourth-order valence-electron chi connectivity index (χ4n) is 1.26. The van der Waals surface area contributed by atoms with E-state index in [9.17, 15) is 19.3 Å². The molecule has 1 rings (SSSR count). The van der Waals surface area contributed by atoms with Crippen LogP contribution < -0.4 is 11.1 Å². The van der Waals surface area contributed by atoms with Gasteiger partial charge in [-0.1, -0.05) is 0 Å². The van der Waals surface area contributed by atoms with Crippen LogP contribution in [0, 0.1) is 15.9 Å². The fraction of sp³-hybridized carbons (Fsp3) is 0.300. The zero-order chi connectivity index (χ0) is 14.4. The molecule has 9 heteroatoms.